The Morgan fingerprint density at radius 3 is 2.56 bits per heavy atom. The van der Waals surface area contributed by atoms with Crippen LogP contribution in [0.2, 0.25) is 5.15 Å². The van der Waals surface area contributed by atoms with Gasteiger partial charge in [0.25, 0.3) is 0 Å². The highest BCUT2D eigenvalue weighted by molar-refractivity contribution is 6.30. The smallest absolute Gasteiger partial charge is 0.324 e. The van der Waals surface area contributed by atoms with Crippen molar-refractivity contribution in [1.29, 1.82) is 0 Å². The molecule has 4 N–H and O–H groups in total. The molecule has 41 heavy (non-hydrogen) atoms. The summed E-state index contributed by atoms with van der Waals surface area (Å²) >= 11 is 6.59. The largest absolute Gasteiger partial charge is 0.454 e. The predicted molar refractivity (Wildman–Crippen MR) is 156 cm³/mol. The second kappa shape index (κ2) is 14.0. The fraction of sp³-hybridized carbons (Fsp3) is 0.379. The first kappa shape index (κ1) is 29.9. The van der Waals surface area contributed by atoms with Crippen molar-refractivity contribution in [2.24, 2.45) is 5.73 Å². The first-order chi connectivity index (χ1) is 19.8. The molecule has 0 fully saturated rings. The molecule has 0 bridgehead atoms. The number of tetrazole rings is 1. The van der Waals surface area contributed by atoms with E-state index < -0.39 is 24.0 Å². The fourth-order valence-electron chi connectivity index (χ4n) is 4.64. The number of unbranched alkanes of at least 4 members (excludes halogenated alkanes) is 1. The lowest BCUT2D eigenvalue weighted by Crippen LogP contribution is -2.38. The third kappa shape index (κ3) is 7.77. The molecule has 0 saturated carbocycles. The van der Waals surface area contributed by atoms with E-state index in [1.807, 2.05) is 48.5 Å². The number of halogens is 1. The van der Waals surface area contributed by atoms with E-state index in [2.05, 4.69) is 37.5 Å². The zero-order chi connectivity index (χ0) is 29.4. The standard InChI is InChI=1S/C29H35ClN8O3/c1-4-5-11-25-32-26(27(30)33-25)23(41-29(40)22(38(2)3)14-15-24(31)39)17-18-12-13-20(19-9-7-6-8-10-19)21(16-18)28-34-36-37-35-28/h6-10,12-13,16,22-23H,4-5,11,14-15,17H2,1-3H3,(H2,31,39)(H,32,33)(H,34,35,36,37)/t22-,23-/m1/s1. The van der Waals surface area contributed by atoms with Crippen molar-refractivity contribution in [2.45, 2.75) is 57.6 Å². The lowest BCUT2D eigenvalue weighted by Gasteiger charge is -2.25. The van der Waals surface area contributed by atoms with Gasteiger partial charge in [0, 0.05) is 24.8 Å². The van der Waals surface area contributed by atoms with Crippen molar-refractivity contribution in [1.82, 2.24) is 35.5 Å². The molecular formula is C29H35ClN8O3. The highest BCUT2D eigenvalue weighted by Crippen LogP contribution is 2.34. The van der Waals surface area contributed by atoms with Crippen molar-refractivity contribution in [3.63, 3.8) is 0 Å². The van der Waals surface area contributed by atoms with Crippen LogP contribution in [0.1, 0.15) is 55.8 Å². The van der Waals surface area contributed by atoms with Crippen LogP contribution in [-0.4, -0.2) is 67.5 Å². The molecule has 1 amide bonds. The summed E-state index contributed by atoms with van der Waals surface area (Å²) in [6.45, 7) is 2.10. The van der Waals surface area contributed by atoms with Gasteiger partial charge >= 0.3 is 5.97 Å². The van der Waals surface area contributed by atoms with Crippen LogP contribution in [0.3, 0.4) is 0 Å². The number of carbonyl (C=O) groups is 2. The van der Waals surface area contributed by atoms with Crippen molar-refractivity contribution in [3.05, 3.63) is 70.8 Å². The van der Waals surface area contributed by atoms with Crippen LogP contribution in [0.4, 0.5) is 0 Å². The summed E-state index contributed by atoms with van der Waals surface area (Å²) in [6, 6.07) is 15.2. The minimum absolute atomic E-state index is 0.0591. The van der Waals surface area contributed by atoms with Gasteiger partial charge in [-0.3, -0.25) is 14.5 Å². The van der Waals surface area contributed by atoms with Gasteiger partial charge in [0.15, 0.2) is 5.15 Å². The molecule has 0 radical (unpaired) electrons. The van der Waals surface area contributed by atoms with Gasteiger partial charge in [0.05, 0.1) is 5.69 Å². The number of rotatable bonds is 14. The number of H-pyrrole nitrogens is 2. The van der Waals surface area contributed by atoms with Gasteiger partial charge in [-0.15, -0.1) is 10.2 Å². The van der Waals surface area contributed by atoms with Crippen molar-refractivity contribution >= 4 is 23.5 Å². The molecule has 11 nitrogen and oxygen atoms in total. The third-order valence-electron chi connectivity index (χ3n) is 6.82. The molecule has 2 atom stereocenters. The minimum atomic E-state index is -0.769. The number of amides is 1. The number of nitrogens with one attached hydrogen (secondary N) is 2. The Hall–Kier alpha value is -4.09. The monoisotopic (exact) mass is 578 g/mol. The number of aromatic nitrogens is 6. The molecule has 0 spiro atoms. The third-order valence-corrected chi connectivity index (χ3v) is 7.11. The Morgan fingerprint density at radius 2 is 1.90 bits per heavy atom. The first-order valence-electron chi connectivity index (χ1n) is 13.6. The number of ether oxygens (including phenoxy) is 1. The van der Waals surface area contributed by atoms with Crippen molar-refractivity contribution in [3.8, 4) is 22.5 Å². The second-order valence-corrected chi connectivity index (χ2v) is 10.4. The molecule has 0 saturated heterocycles. The highest BCUT2D eigenvalue weighted by Gasteiger charge is 2.29. The van der Waals surface area contributed by atoms with E-state index in [4.69, 9.17) is 22.1 Å². The summed E-state index contributed by atoms with van der Waals surface area (Å²) in [7, 11) is 3.51. The number of nitrogens with two attached hydrogens (primary N) is 1. The summed E-state index contributed by atoms with van der Waals surface area (Å²) in [5.74, 6) is 0.213. The Balaban J connectivity index is 1.70. The molecular weight excluding hydrogens is 544 g/mol. The number of benzene rings is 2. The van der Waals surface area contributed by atoms with Crippen LogP contribution in [0.15, 0.2) is 48.5 Å². The number of esters is 1. The zero-order valence-electron chi connectivity index (χ0n) is 23.4. The SMILES string of the molecule is CCCCc1nc(Cl)c([C@@H](Cc2ccc(-c3ccccc3)c(-c3nn[nH]n3)c2)OC(=O)[C@@H](CCC(N)=O)N(C)C)[nH]1. The van der Waals surface area contributed by atoms with E-state index in [1.54, 1.807) is 19.0 Å². The van der Waals surface area contributed by atoms with E-state index in [1.165, 1.54) is 0 Å². The van der Waals surface area contributed by atoms with Gasteiger partial charge in [-0.05, 0) is 54.9 Å². The zero-order valence-corrected chi connectivity index (χ0v) is 24.2. The van der Waals surface area contributed by atoms with Crippen molar-refractivity contribution in [2.75, 3.05) is 14.1 Å². The maximum atomic E-state index is 13.4. The molecule has 12 heteroatoms. The molecule has 0 unspecified atom stereocenters. The quantitative estimate of drug-likeness (QED) is 0.187. The van der Waals surface area contributed by atoms with E-state index >= 15 is 0 Å². The average molecular weight is 579 g/mol. The van der Waals surface area contributed by atoms with E-state index in [0.717, 1.165) is 47.3 Å². The minimum Gasteiger partial charge on any atom is -0.454 e. The Bertz CT molecular complexity index is 1440. The van der Waals surface area contributed by atoms with E-state index in [9.17, 15) is 9.59 Å². The van der Waals surface area contributed by atoms with Crippen LogP contribution >= 0.6 is 11.6 Å². The molecule has 216 valence electrons. The van der Waals surface area contributed by atoms with Crippen LogP contribution in [0.5, 0.6) is 0 Å². The maximum Gasteiger partial charge on any atom is 0.324 e. The van der Waals surface area contributed by atoms with Gasteiger partial charge in [0.1, 0.15) is 18.0 Å². The summed E-state index contributed by atoms with van der Waals surface area (Å²) in [5.41, 5.74) is 9.45. The number of hydrogen-bond acceptors (Lipinski definition) is 8. The number of primary amides is 1. The molecule has 2 aromatic carbocycles. The molecule has 2 aromatic heterocycles. The number of aryl methyl sites for hydroxylation is 1. The van der Waals surface area contributed by atoms with Gasteiger partial charge < -0.3 is 15.5 Å². The van der Waals surface area contributed by atoms with Crippen LogP contribution in [-0.2, 0) is 27.2 Å². The average Bonchev–Trinajstić information content (AvgIpc) is 3.62. The Morgan fingerprint density at radius 1 is 1.12 bits per heavy atom. The second-order valence-electron chi connectivity index (χ2n) is 10.1. The molecule has 2 heterocycles. The highest BCUT2D eigenvalue weighted by atomic mass is 35.5. The molecule has 0 aliphatic heterocycles. The van der Waals surface area contributed by atoms with Gasteiger partial charge in [-0.25, -0.2) is 4.98 Å². The van der Waals surface area contributed by atoms with Crippen LogP contribution < -0.4 is 5.73 Å². The first-order valence-corrected chi connectivity index (χ1v) is 14.0. The molecule has 4 aromatic rings. The molecule has 4 rings (SSSR count). The number of likely N-dealkylation sites (N-methyl/N-ethyl adjacent to an activating group) is 1. The summed E-state index contributed by atoms with van der Waals surface area (Å²) < 4.78 is 6.10. The summed E-state index contributed by atoms with van der Waals surface area (Å²) in [5, 5.41) is 14.9. The number of carbonyl (C=O) groups excluding carboxylic acids is 2. The van der Waals surface area contributed by atoms with E-state index in [-0.39, 0.29) is 18.0 Å². The van der Waals surface area contributed by atoms with E-state index in [0.29, 0.717) is 17.9 Å². The molecule has 0 aliphatic rings. The van der Waals surface area contributed by atoms with Gasteiger partial charge in [0.2, 0.25) is 11.7 Å². The maximum absolute atomic E-state index is 13.4. The predicted octanol–water partition coefficient (Wildman–Crippen LogP) is 4.28. The van der Waals surface area contributed by atoms with Crippen LogP contribution in [0.25, 0.3) is 22.5 Å². The fourth-order valence-corrected chi connectivity index (χ4v) is 4.91. The lowest BCUT2D eigenvalue weighted by atomic mass is 9.95. The number of nitrogens with zero attached hydrogens (tertiary/aromatic N) is 5. The number of aromatic amines is 2. The van der Waals surface area contributed by atoms with Crippen molar-refractivity contribution < 1.29 is 14.3 Å². The Labute approximate surface area is 243 Å². The Kier molecular flexibility index (Phi) is 10.2. The number of hydrogen-bond donors (Lipinski definition) is 3. The van der Waals surface area contributed by atoms with Gasteiger partial charge in [-0.2, -0.15) is 5.21 Å². The molecule has 0 aliphatic carbocycles. The summed E-state index contributed by atoms with van der Waals surface area (Å²) in [6.07, 6.45) is 2.50. The number of imidazole rings is 1. The van der Waals surface area contributed by atoms with Gasteiger partial charge in [-0.1, -0.05) is 67.4 Å². The summed E-state index contributed by atoms with van der Waals surface area (Å²) in [4.78, 5) is 34.4. The lowest BCUT2D eigenvalue weighted by molar-refractivity contribution is -0.155. The normalized spacial score (nSPS) is 12.8. The topological polar surface area (TPSA) is 156 Å². The van der Waals surface area contributed by atoms with Crippen LogP contribution in [0, 0.1) is 0 Å².